The van der Waals surface area contributed by atoms with Gasteiger partial charge in [-0.3, -0.25) is 0 Å². The Morgan fingerprint density at radius 2 is 2.12 bits per heavy atom. The van der Waals surface area contributed by atoms with Crippen molar-refractivity contribution in [2.75, 3.05) is 11.9 Å². The van der Waals surface area contributed by atoms with Crippen molar-refractivity contribution in [3.05, 3.63) is 30.7 Å². The first-order valence-electron chi connectivity index (χ1n) is 9.07. The Morgan fingerprint density at radius 3 is 2.88 bits per heavy atom. The van der Waals surface area contributed by atoms with Gasteiger partial charge in [-0.15, -0.1) is 0 Å². The average molecular weight is 355 g/mol. The van der Waals surface area contributed by atoms with E-state index in [0.717, 1.165) is 35.6 Å². The summed E-state index contributed by atoms with van der Waals surface area (Å²) in [6.07, 6.45) is 8.05. The quantitative estimate of drug-likeness (QED) is 0.775. The standard InChI is InChI=1S/C18H25N7O/c1-5-24-8-7-19-17(24)14-13(6-9-26-14)23-15-12-10-22-25(18(2,3)4)16(12)21-11-20-15/h7-8,10-11,13-14H,5-6,9H2,1-4H3,(H,20,21,23)/t13-,14-/m0/s1. The topological polar surface area (TPSA) is 82.7 Å². The molecule has 0 aromatic carbocycles. The fourth-order valence-corrected chi connectivity index (χ4v) is 3.46. The molecule has 8 nitrogen and oxygen atoms in total. The monoisotopic (exact) mass is 355 g/mol. The molecule has 0 aliphatic carbocycles. The van der Waals surface area contributed by atoms with Crippen LogP contribution < -0.4 is 5.32 Å². The van der Waals surface area contributed by atoms with Crippen molar-refractivity contribution >= 4 is 16.9 Å². The fraction of sp³-hybridized carbons (Fsp3) is 0.556. The predicted octanol–water partition coefficient (Wildman–Crippen LogP) is 2.74. The summed E-state index contributed by atoms with van der Waals surface area (Å²) in [6.45, 7) is 10.0. The molecule has 0 radical (unpaired) electrons. The molecule has 0 unspecified atom stereocenters. The van der Waals surface area contributed by atoms with Gasteiger partial charge >= 0.3 is 0 Å². The highest BCUT2D eigenvalue weighted by atomic mass is 16.5. The highest BCUT2D eigenvalue weighted by molar-refractivity contribution is 5.86. The van der Waals surface area contributed by atoms with E-state index in [4.69, 9.17) is 4.74 Å². The normalized spacial score (nSPS) is 20.8. The average Bonchev–Trinajstić information content (AvgIpc) is 3.32. The molecular weight excluding hydrogens is 330 g/mol. The van der Waals surface area contributed by atoms with Crippen LogP contribution in [0.3, 0.4) is 0 Å². The first-order chi connectivity index (χ1) is 12.5. The van der Waals surface area contributed by atoms with E-state index < -0.39 is 0 Å². The van der Waals surface area contributed by atoms with Gasteiger partial charge in [-0.2, -0.15) is 5.10 Å². The number of nitrogens with zero attached hydrogens (tertiary/aromatic N) is 6. The van der Waals surface area contributed by atoms with Gasteiger partial charge in [0.2, 0.25) is 0 Å². The third-order valence-corrected chi connectivity index (χ3v) is 4.76. The number of aromatic nitrogens is 6. The van der Waals surface area contributed by atoms with Crippen LogP contribution in [0.2, 0.25) is 0 Å². The van der Waals surface area contributed by atoms with Crippen molar-refractivity contribution in [1.82, 2.24) is 29.3 Å². The highest BCUT2D eigenvalue weighted by Gasteiger charge is 2.33. The van der Waals surface area contributed by atoms with E-state index in [1.54, 1.807) is 6.33 Å². The summed E-state index contributed by atoms with van der Waals surface area (Å²) in [7, 11) is 0. The number of nitrogens with one attached hydrogen (secondary N) is 1. The third-order valence-electron chi connectivity index (χ3n) is 4.76. The number of fused-ring (bicyclic) bond motifs is 1. The molecule has 26 heavy (non-hydrogen) atoms. The maximum Gasteiger partial charge on any atom is 0.163 e. The molecule has 4 heterocycles. The van der Waals surface area contributed by atoms with Gasteiger partial charge in [0, 0.05) is 25.5 Å². The Morgan fingerprint density at radius 1 is 1.27 bits per heavy atom. The second kappa shape index (κ2) is 6.35. The number of hydrogen-bond donors (Lipinski definition) is 1. The van der Waals surface area contributed by atoms with Crippen LogP contribution in [-0.4, -0.2) is 41.9 Å². The van der Waals surface area contributed by atoms with Crippen molar-refractivity contribution in [3.63, 3.8) is 0 Å². The zero-order valence-electron chi connectivity index (χ0n) is 15.7. The lowest BCUT2D eigenvalue weighted by Crippen LogP contribution is -2.26. The summed E-state index contributed by atoms with van der Waals surface area (Å²) in [5.74, 6) is 1.75. The first-order valence-corrected chi connectivity index (χ1v) is 9.07. The van der Waals surface area contributed by atoms with E-state index in [9.17, 15) is 0 Å². The SMILES string of the molecule is CCn1ccnc1[C@H]1OCC[C@@H]1Nc1ncnc2c1cnn2C(C)(C)C. The zero-order chi connectivity index (χ0) is 18.3. The largest absolute Gasteiger partial charge is 0.368 e. The lowest BCUT2D eigenvalue weighted by Gasteiger charge is -2.21. The first kappa shape index (κ1) is 17.0. The molecule has 1 N–H and O–H groups in total. The predicted molar refractivity (Wildman–Crippen MR) is 98.9 cm³/mol. The van der Waals surface area contributed by atoms with Crippen LogP contribution in [0.1, 0.15) is 46.0 Å². The molecule has 138 valence electrons. The summed E-state index contributed by atoms with van der Waals surface area (Å²) < 4.78 is 10.0. The number of anilines is 1. The maximum atomic E-state index is 5.99. The Balaban J connectivity index is 1.66. The zero-order valence-corrected chi connectivity index (χ0v) is 15.7. The number of ether oxygens (including phenoxy) is 1. The Hall–Kier alpha value is -2.48. The van der Waals surface area contributed by atoms with Gasteiger partial charge in [0.05, 0.1) is 23.2 Å². The number of imidazole rings is 1. The van der Waals surface area contributed by atoms with Gasteiger partial charge in [-0.1, -0.05) is 0 Å². The van der Waals surface area contributed by atoms with Gasteiger partial charge in [-0.25, -0.2) is 19.6 Å². The smallest absolute Gasteiger partial charge is 0.163 e. The van der Waals surface area contributed by atoms with Crippen LogP contribution in [-0.2, 0) is 16.8 Å². The molecule has 2 atom stereocenters. The van der Waals surface area contributed by atoms with Crippen LogP contribution in [0.15, 0.2) is 24.9 Å². The van der Waals surface area contributed by atoms with E-state index >= 15 is 0 Å². The van der Waals surface area contributed by atoms with Gasteiger partial charge in [0.25, 0.3) is 0 Å². The van der Waals surface area contributed by atoms with Crippen molar-refractivity contribution in [1.29, 1.82) is 0 Å². The Bertz CT molecular complexity index is 908. The summed E-state index contributed by atoms with van der Waals surface area (Å²) in [5.41, 5.74) is 0.693. The molecule has 4 rings (SSSR count). The summed E-state index contributed by atoms with van der Waals surface area (Å²) in [5, 5.41) is 9.00. The van der Waals surface area contributed by atoms with Crippen molar-refractivity contribution < 1.29 is 4.74 Å². The molecule has 1 aliphatic rings. The number of hydrogen-bond acceptors (Lipinski definition) is 6. The summed E-state index contributed by atoms with van der Waals surface area (Å²) in [4.78, 5) is 13.4. The maximum absolute atomic E-state index is 5.99. The molecular formula is C18H25N7O. The van der Waals surface area contributed by atoms with Crippen LogP contribution in [0.4, 0.5) is 5.82 Å². The molecule has 0 spiro atoms. The molecule has 8 heteroatoms. The number of aryl methyl sites for hydroxylation is 1. The van der Waals surface area contributed by atoms with Crippen molar-refractivity contribution in [2.24, 2.45) is 0 Å². The molecule has 3 aromatic rings. The van der Waals surface area contributed by atoms with E-state index in [1.807, 2.05) is 23.3 Å². The van der Waals surface area contributed by atoms with E-state index in [2.05, 4.69) is 57.6 Å². The molecule has 0 bridgehead atoms. The van der Waals surface area contributed by atoms with Crippen molar-refractivity contribution in [3.8, 4) is 0 Å². The minimum atomic E-state index is -0.141. The molecule has 0 amide bonds. The third kappa shape index (κ3) is 2.84. The summed E-state index contributed by atoms with van der Waals surface area (Å²) >= 11 is 0. The Kier molecular flexibility index (Phi) is 4.14. The number of rotatable bonds is 4. The van der Waals surface area contributed by atoms with E-state index in [-0.39, 0.29) is 17.7 Å². The molecule has 0 saturated carbocycles. The second-order valence-electron chi connectivity index (χ2n) is 7.59. The minimum absolute atomic E-state index is 0.0902. The minimum Gasteiger partial charge on any atom is -0.368 e. The van der Waals surface area contributed by atoms with E-state index in [0.29, 0.717) is 6.61 Å². The second-order valence-corrected chi connectivity index (χ2v) is 7.59. The van der Waals surface area contributed by atoms with Crippen molar-refractivity contribution in [2.45, 2.75) is 58.3 Å². The fourth-order valence-electron chi connectivity index (χ4n) is 3.46. The van der Waals surface area contributed by atoms with Gasteiger partial charge in [-0.05, 0) is 34.1 Å². The van der Waals surface area contributed by atoms with E-state index in [1.165, 1.54) is 0 Å². The molecule has 1 aliphatic heterocycles. The van der Waals surface area contributed by atoms with Gasteiger partial charge in [0.15, 0.2) is 5.65 Å². The van der Waals surface area contributed by atoms with Gasteiger partial charge < -0.3 is 14.6 Å². The lowest BCUT2D eigenvalue weighted by molar-refractivity contribution is 0.0976. The van der Waals surface area contributed by atoms with Crippen LogP contribution in [0, 0.1) is 0 Å². The molecule has 1 saturated heterocycles. The Labute approximate surface area is 152 Å². The lowest BCUT2D eigenvalue weighted by atomic mass is 10.1. The van der Waals surface area contributed by atoms with Crippen LogP contribution in [0.5, 0.6) is 0 Å². The van der Waals surface area contributed by atoms with Gasteiger partial charge in [0.1, 0.15) is 24.1 Å². The molecule has 3 aromatic heterocycles. The van der Waals surface area contributed by atoms with Crippen LogP contribution >= 0.6 is 0 Å². The van der Waals surface area contributed by atoms with Crippen LogP contribution in [0.25, 0.3) is 11.0 Å². The summed E-state index contributed by atoms with van der Waals surface area (Å²) in [6, 6.07) is 0.110. The molecule has 1 fully saturated rings. The highest BCUT2D eigenvalue weighted by Crippen LogP contribution is 2.32.